The van der Waals surface area contributed by atoms with Gasteiger partial charge in [0.15, 0.2) is 5.58 Å². The van der Waals surface area contributed by atoms with E-state index in [2.05, 4.69) is 10.0 Å². The van der Waals surface area contributed by atoms with Crippen molar-refractivity contribution < 1.29 is 17.6 Å². The van der Waals surface area contributed by atoms with Crippen molar-refractivity contribution in [3.05, 3.63) is 64.6 Å². The van der Waals surface area contributed by atoms with Gasteiger partial charge in [0.25, 0.3) is 0 Å². The average Bonchev–Trinajstić information content (AvgIpc) is 2.98. The summed E-state index contributed by atoms with van der Waals surface area (Å²) in [4.78, 5) is 24.2. The minimum atomic E-state index is -4.01. The lowest BCUT2D eigenvalue weighted by molar-refractivity contribution is -0.123. The number of carbonyl (C=O) groups is 1. The molecule has 154 valence electrons. The quantitative estimate of drug-likeness (QED) is 0.609. The van der Waals surface area contributed by atoms with Gasteiger partial charge in [-0.15, -0.1) is 0 Å². The van der Waals surface area contributed by atoms with Gasteiger partial charge in [0.2, 0.25) is 15.9 Å². The minimum Gasteiger partial charge on any atom is -0.408 e. The molecule has 29 heavy (non-hydrogen) atoms. The molecule has 0 saturated heterocycles. The first-order valence-electron chi connectivity index (χ1n) is 9.12. The summed E-state index contributed by atoms with van der Waals surface area (Å²) in [6.07, 6.45) is 0. The number of aryl methyl sites for hydroxylation is 1. The van der Waals surface area contributed by atoms with E-state index in [0.29, 0.717) is 12.1 Å². The van der Waals surface area contributed by atoms with Gasteiger partial charge in [-0.25, -0.2) is 13.2 Å². The number of hydrogen-bond acceptors (Lipinski definition) is 5. The van der Waals surface area contributed by atoms with E-state index in [4.69, 9.17) is 4.42 Å². The van der Waals surface area contributed by atoms with Crippen molar-refractivity contribution in [2.45, 2.75) is 31.3 Å². The lowest BCUT2D eigenvalue weighted by Crippen LogP contribution is -2.49. The number of sulfonamides is 1. The molecule has 0 aliphatic carbocycles. The van der Waals surface area contributed by atoms with Gasteiger partial charge < -0.3 is 9.73 Å². The number of nitrogens with zero attached hydrogens (tertiary/aromatic N) is 1. The molecule has 1 amide bonds. The highest BCUT2D eigenvalue weighted by molar-refractivity contribution is 7.89. The van der Waals surface area contributed by atoms with Crippen molar-refractivity contribution >= 4 is 27.0 Å². The molecule has 0 aliphatic rings. The Kier molecular flexibility index (Phi) is 5.90. The summed E-state index contributed by atoms with van der Waals surface area (Å²) in [6, 6.07) is 12.5. The van der Waals surface area contributed by atoms with Crippen LogP contribution < -0.4 is 15.8 Å². The predicted molar refractivity (Wildman–Crippen MR) is 109 cm³/mol. The van der Waals surface area contributed by atoms with Crippen LogP contribution in [0.3, 0.4) is 0 Å². The third-order valence-corrected chi connectivity index (χ3v) is 6.05. The highest BCUT2D eigenvalue weighted by atomic mass is 32.2. The lowest BCUT2D eigenvalue weighted by atomic mass is 10.0. The van der Waals surface area contributed by atoms with Gasteiger partial charge in [-0.1, -0.05) is 44.2 Å². The van der Waals surface area contributed by atoms with E-state index < -0.39 is 27.7 Å². The van der Waals surface area contributed by atoms with E-state index in [1.54, 1.807) is 13.8 Å². The average molecular weight is 417 g/mol. The summed E-state index contributed by atoms with van der Waals surface area (Å²) in [6.45, 7) is 3.81. The molecule has 1 atom stereocenters. The van der Waals surface area contributed by atoms with Crippen LogP contribution in [0.4, 0.5) is 0 Å². The molecule has 0 unspecified atom stereocenters. The van der Waals surface area contributed by atoms with E-state index in [0.717, 1.165) is 5.56 Å². The fourth-order valence-electron chi connectivity index (χ4n) is 2.90. The van der Waals surface area contributed by atoms with E-state index in [1.165, 1.54) is 29.8 Å². The van der Waals surface area contributed by atoms with E-state index >= 15 is 0 Å². The smallest absolute Gasteiger partial charge is 0.408 e. The first-order chi connectivity index (χ1) is 13.7. The summed E-state index contributed by atoms with van der Waals surface area (Å²) in [5.74, 6) is -1.28. The van der Waals surface area contributed by atoms with E-state index in [1.807, 2.05) is 30.3 Å². The van der Waals surface area contributed by atoms with Gasteiger partial charge in [-0.2, -0.15) is 4.72 Å². The number of rotatable bonds is 7. The maximum absolute atomic E-state index is 12.8. The standard InChI is InChI=1S/C20H23N3O5S/c1-13(2)18(19(24)21-12-14-7-5-4-6-8-14)22-29(26,27)15-9-10-16-17(11-15)28-20(25)23(16)3/h4-11,13,18,22H,12H2,1-3H3,(H,21,24)/t18-/m0/s1. The molecule has 0 saturated carbocycles. The Bertz CT molecular complexity index is 1180. The molecule has 9 heteroatoms. The van der Waals surface area contributed by atoms with Crippen LogP contribution in [0, 0.1) is 5.92 Å². The number of hydrogen-bond donors (Lipinski definition) is 2. The molecule has 3 rings (SSSR count). The number of carbonyl (C=O) groups excluding carboxylic acids is 1. The van der Waals surface area contributed by atoms with Crippen LogP contribution >= 0.6 is 0 Å². The summed E-state index contributed by atoms with van der Waals surface area (Å²) in [5, 5.41) is 2.77. The van der Waals surface area contributed by atoms with Gasteiger partial charge in [-0.05, 0) is 23.6 Å². The van der Waals surface area contributed by atoms with Crippen LogP contribution in [0.5, 0.6) is 0 Å². The highest BCUT2D eigenvalue weighted by Crippen LogP contribution is 2.19. The summed E-state index contributed by atoms with van der Waals surface area (Å²) < 4.78 is 34.5. The summed E-state index contributed by atoms with van der Waals surface area (Å²) >= 11 is 0. The normalized spacial score (nSPS) is 13.0. The van der Waals surface area contributed by atoms with Crippen molar-refractivity contribution in [2.24, 2.45) is 13.0 Å². The van der Waals surface area contributed by atoms with Crippen LogP contribution in [0.1, 0.15) is 19.4 Å². The first kappa shape index (κ1) is 20.8. The van der Waals surface area contributed by atoms with E-state index in [9.17, 15) is 18.0 Å². The number of fused-ring (bicyclic) bond motifs is 1. The van der Waals surface area contributed by atoms with Crippen LogP contribution in [0.25, 0.3) is 11.1 Å². The molecule has 3 aromatic rings. The Morgan fingerprint density at radius 2 is 1.83 bits per heavy atom. The van der Waals surface area contributed by atoms with Crippen molar-refractivity contribution in [3.63, 3.8) is 0 Å². The van der Waals surface area contributed by atoms with Crippen molar-refractivity contribution in [2.75, 3.05) is 0 Å². The maximum Gasteiger partial charge on any atom is 0.419 e. The number of aromatic nitrogens is 1. The van der Waals surface area contributed by atoms with Crippen LogP contribution in [0.2, 0.25) is 0 Å². The molecule has 8 nitrogen and oxygen atoms in total. The first-order valence-corrected chi connectivity index (χ1v) is 10.6. The third-order valence-electron chi connectivity index (χ3n) is 4.61. The lowest BCUT2D eigenvalue weighted by Gasteiger charge is -2.21. The monoisotopic (exact) mass is 417 g/mol. The van der Waals surface area contributed by atoms with E-state index in [-0.39, 0.29) is 16.4 Å². The van der Waals surface area contributed by atoms with Gasteiger partial charge >= 0.3 is 5.76 Å². The van der Waals surface area contributed by atoms with Gasteiger partial charge in [0.1, 0.15) is 6.04 Å². The Morgan fingerprint density at radius 1 is 1.14 bits per heavy atom. The number of oxazole rings is 1. The molecule has 0 aliphatic heterocycles. The Morgan fingerprint density at radius 3 is 2.48 bits per heavy atom. The zero-order valence-electron chi connectivity index (χ0n) is 16.4. The molecule has 2 N–H and O–H groups in total. The second-order valence-electron chi connectivity index (χ2n) is 7.10. The third kappa shape index (κ3) is 4.57. The SMILES string of the molecule is CC(C)[C@H](NS(=O)(=O)c1ccc2c(c1)oc(=O)n2C)C(=O)NCc1ccccc1. The molecule has 0 fully saturated rings. The molecule has 0 spiro atoms. The molecular weight excluding hydrogens is 394 g/mol. The molecule has 1 heterocycles. The topological polar surface area (TPSA) is 110 Å². The summed E-state index contributed by atoms with van der Waals surface area (Å²) in [5.41, 5.74) is 1.56. The van der Waals surface area contributed by atoms with Gasteiger partial charge in [0, 0.05) is 19.7 Å². The second-order valence-corrected chi connectivity index (χ2v) is 8.82. The van der Waals surface area contributed by atoms with Crippen molar-refractivity contribution in [3.8, 4) is 0 Å². The molecular formula is C20H23N3O5S. The number of benzene rings is 2. The van der Waals surface area contributed by atoms with Crippen LogP contribution in [-0.4, -0.2) is 24.9 Å². The molecule has 1 aromatic heterocycles. The number of amides is 1. The van der Waals surface area contributed by atoms with Gasteiger partial charge in [0.05, 0.1) is 10.4 Å². The fraction of sp³-hybridized carbons (Fsp3) is 0.300. The second kappa shape index (κ2) is 8.22. The van der Waals surface area contributed by atoms with Crippen molar-refractivity contribution in [1.82, 2.24) is 14.6 Å². The predicted octanol–water partition coefficient (Wildman–Crippen LogP) is 1.75. The van der Waals surface area contributed by atoms with Crippen LogP contribution in [0.15, 0.2) is 62.6 Å². The highest BCUT2D eigenvalue weighted by Gasteiger charge is 2.28. The fourth-order valence-corrected chi connectivity index (χ4v) is 4.26. The van der Waals surface area contributed by atoms with Crippen molar-refractivity contribution in [1.29, 1.82) is 0 Å². The Labute approximate surface area is 168 Å². The molecule has 2 aromatic carbocycles. The number of nitrogens with one attached hydrogen (secondary N) is 2. The Hall–Kier alpha value is -2.91. The summed E-state index contributed by atoms with van der Waals surface area (Å²) in [7, 11) is -2.48. The minimum absolute atomic E-state index is 0.0825. The van der Waals surface area contributed by atoms with Crippen LogP contribution in [-0.2, 0) is 28.4 Å². The molecule has 0 radical (unpaired) electrons. The Balaban J connectivity index is 1.80. The zero-order chi connectivity index (χ0) is 21.2. The van der Waals surface area contributed by atoms with Gasteiger partial charge in [-0.3, -0.25) is 9.36 Å². The zero-order valence-corrected chi connectivity index (χ0v) is 17.2. The largest absolute Gasteiger partial charge is 0.419 e. The maximum atomic E-state index is 12.8. The molecule has 0 bridgehead atoms.